The first kappa shape index (κ1) is 30.3. The van der Waals surface area contributed by atoms with Crippen LogP contribution in [0.5, 0.6) is 0 Å². The Morgan fingerprint density at radius 3 is 1.56 bits per heavy atom. The van der Waals surface area contributed by atoms with Crippen LogP contribution < -0.4 is 0 Å². The monoisotopic (exact) mass is 689 g/mol. The minimum atomic E-state index is 0.627. The maximum atomic E-state index is 5.06. The zero-order chi connectivity index (χ0) is 35.6. The molecule has 0 bridgehead atoms. The maximum absolute atomic E-state index is 5.06. The highest BCUT2D eigenvalue weighted by Gasteiger charge is 2.20. The van der Waals surface area contributed by atoms with Crippen molar-refractivity contribution in [1.29, 1.82) is 0 Å². The van der Waals surface area contributed by atoms with Crippen LogP contribution in [0.2, 0.25) is 0 Å². The minimum Gasteiger partial charge on any atom is -0.309 e. The Labute approximate surface area is 311 Å². The van der Waals surface area contributed by atoms with Crippen LogP contribution in [0.25, 0.3) is 99.9 Å². The molecular weight excluding hydrogens is 659 g/mol. The molecule has 8 aromatic carbocycles. The van der Waals surface area contributed by atoms with Gasteiger partial charge in [-0.25, -0.2) is 15.0 Å². The highest BCUT2D eigenvalue weighted by molar-refractivity contribution is 6.25. The van der Waals surface area contributed by atoms with Crippen LogP contribution in [0.15, 0.2) is 188 Å². The Balaban J connectivity index is 1.20. The van der Waals surface area contributed by atoms with Crippen LogP contribution in [-0.2, 0) is 0 Å². The Hall–Kier alpha value is -7.37. The molecule has 0 saturated heterocycles. The van der Waals surface area contributed by atoms with Gasteiger partial charge in [0.2, 0.25) is 0 Å². The standard InChI is InChI=1S/C49H31N5/c1-4-16-33(17-5-1)47-50-48(34-18-6-2-7-19-34)52-49(51-47)35-20-14-23-37(29-35)54-43-28-27-32-15-10-11-24-38(32)46(43)41-30-40-39-25-12-13-26-42(39)53(44(40)31-45(41)54)36-21-8-3-9-22-36/h1-31H. The fourth-order valence-corrected chi connectivity index (χ4v) is 8.10. The molecule has 3 aromatic heterocycles. The smallest absolute Gasteiger partial charge is 0.164 e. The first-order valence-electron chi connectivity index (χ1n) is 18.2. The predicted octanol–water partition coefficient (Wildman–Crippen LogP) is 12.2. The molecule has 0 aliphatic rings. The van der Waals surface area contributed by atoms with Crippen molar-refractivity contribution < 1.29 is 0 Å². The van der Waals surface area contributed by atoms with Gasteiger partial charge in [-0.3, -0.25) is 0 Å². The Bertz CT molecular complexity index is 3140. The van der Waals surface area contributed by atoms with E-state index in [1.54, 1.807) is 0 Å². The molecule has 11 rings (SSSR count). The fraction of sp³-hybridized carbons (Fsp3) is 0. The molecule has 0 spiro atoms. The number of para-hydroxylation sites is 2. The van der Waals surface area contributed by atoms with Crippen molar-refractivity contribution in [2.45, 2.75) is 0 Å². The first-order valence-corrected chi connectivity index (χ1v) is 18.2. The van der Waals surface area contributed by atoms with Crippen LogP contribution in [0.4, 0.5) is 0 Å². The molecule has 5 nitrogen and oxygen atoms in total. The van der Waals surface area contributed by atoms with Crippen molar-refractivity contribution in [1.82, 2.24) is 24.1 Å². The van der Waals surface area contributed by atoms with E-state index in [2.05, 4.69) is 137 Å². The van der Waals surface area contributed by atoms with Gasteiger partial charge in [-0.15, -0.1) is 0 Å². The summed E-state index contributed by atoms with van der Waals surface area (Å²) in [5.41, 5.74) is 9.61. The van der Waals surface area contributed by atoms with E-state index in [4.69, 9.17) is 15.0 Å². The summed E-state index contributed by atoms with van der Waals surface area (Å²) < 4.78 is 4.80. The second-order valence-electron chi connectivity index (χ2n) is 13.7. The average molecular weight is 690 g/mol. The van der Waals surface area contributed by atoms with Crippen molar-refractivity contribution in [2.75, 3.05) is 0 Å². The Morgan fingerprint density at radius 2 is 0.833 bits per heavy atom. The van der Waals surface area contributed by atoms with Gasteiger partial charge < -0.3 is 9.13 Å². The molecule has 3 heterocycles. The molecule has 0 radical (unpaired) electrons. The molecule has 0 aliphatic carbocycles. The van der Waals surface area contributed by atoms with Crippen LogP contribution in [0, 0.1) is 0 Å². The van der Waals surface area contributed by atoms with Gasteiger partial charge in [-0.1, -0.05) is 140 Å². The first-order chi connectivity index (χ1) is 26.8. The maximum Gasteiger partial charge on any atom is 0.164 e. The number of aromatic nitrogens is 5. The van der Waals surface area contributed by atoms with E-state index in [9.17, 15) is 0 Å². The van der Waals surface area contributed by atoms with Crippen molar-refractivity contribution in [2.24, 2.45) is 0 Å². The number of nitrogens with zero attached hydrogens (tertiary/aromatic N) is 5. The lowest BCUT2D eigenvalue weighted by Gasteiger charge is -2.12. The molecule has 0 saturated carbocycles. The molecule has 0 fully saturated rings. The summed E-state index contributed by atoms with van der Waals surface area (Å²) in [6.07, 6.45) is 0. The molecule has 54 heavy (non-hydrogen) atoms. The third-order valence-corrected chi connectivity index (χ3v) is 10.5. The average Bonchev–Trinajstić information content (AvgIpc) is 3.76. The third kappa shape index (κ3) is 4.76. The van der Waals surface area contributed by atoms with E-state index in [0.29, 0.717) is 17.5 Å². The molecule has 11 aromatic rings. The summed E-state index contributed by atoms with van der Waals surface area (Å²) in [5.74, 6) is 1.91. The van der Waals surface area contributed by atoms with Crippen LogP contribution in [0.1, 0.15) is 0 Å². The van der Waals surface area contributed by atoms with E-state index in [1.807, 2.05) is 60.7 Å². The molecular formula is C49H31N5. The lowest BCUT2D eigenvalue weighted by Crippen LogP contribution is -2.01. The van der Waals surface area contributed by atoms with E-state index in [0.717, 1.165) is 44.6 Å². The summed E-state index contributed by atoms with van der Waals surface area (Å²) in [7, 11) is 0. The second kappa shape index (κ2) is 12.1. The van der Waals surface area contributed by atoms with E-state index in [-0.39, 0.29) is 0 Å². The molecule has 0 amide bonds. The van der Waals surface area contributed by atoms with Gasteiger partial charge in [0.05, 0.1) is 22.1 Å². The molecule has 0 N–H and O–H groups in total. The number of hydrogen-bond acceptors (Lipinski definition) is 3. The SMILES string of the molecule is c1ccc(-c2nc(-c3ccccc3)nc(-c3cccc(-n4c5cc6c(cc5c5c7ccccc7ccc54)c4ccccc4n6-c4ccccc4)c3)n2)cc1. The lowest BCUT2D eigenvalue weighted by molar-refractivity contribution is 1.07. The lowest BCUT2D eigenvalue weighted by atomic mass is 10.0. The predicted molar refractivity (Wildman–Crippen MR) is 222 cm³/mol. The summed E-state index contributed by atoms with van der Waals surface area (Å²) in [4.78, 5) is 15.1. The molecule has 0 unspecified atom stereocenters. The fourth-order valence-electron chi connectivity index (χ4n) is 8.10. The van der Waals surface area contributed by atoms with Gasteiger partial charge in [0.25, 0.3) is 0 Å². The zero-order valence-electron chi connectivity index (χ0n) is 29.1. The minimum absolute atomic E-state index is 0.627. The number of hydrogen-bond donors (Lipinski definition) is 0. The van der Waals surface area contributed by atoms with Gasteiger partial charge in [-0.05, 0) is 59.3 Å². The highest BCUT2D eigenvalue weighted by Crippen LogP contribution is 2.42. The van der Waals surface area contributed by atoms with Crippen LogP contribution >= 0.6 is 0 Å². The zero-order valence-corrected chi connectivity index (χ0v) is 29.1. The number of benzene rings is 8. The molecule has 0 atom stereocenters. The molecule has 252 valence electrons. The topological polar surface area (TPSA) is 48.5 Å². The van der Waals surface area contributed by atoms with Gasteiger partial charge in [0.1, 0.15) is 0 Å². The summed E-state index contributed by atoms with van der Waals surface area (Å²) in [6, 6.07) is 66.2. The van der Waals surface area contributed by atoms with Crippen molar-refractivity contribution in [3.8, 4) is 45.5 Å². The quantitative estimate of drug-likeness (QED) is 0.181. The molecule has 5 heteroatoms. The van der Waals surface area contributed by atoms with Gasteiger partial charge in [0, 0.05) is 49.6 Å². The third-order valence-electron chi connectivity index (χ3n) is 10.5. The van der Waals surface area contributed by atoms with Gasteiger partial charge >= 0.3 is 0 Å². The van der Waals surface area contributed by atoms with Crippen LogP contribution in [-0.4, -0.2) is 24.1 Å². The van der Waals surface area contributed by atoms with Crippen LogP contribution in [0.3, 0.4) is 0 Å². The van der Waals surface area contributed by atoms with Crippen molar-refractivity contribution in [3.63, 3.8) is 0 Å². The largest absolute Gasteiger partial charge is 0.309 e. The Kier molecular flexibility index (Phi) is 6.79. The van der Waals surface area contributed by atoms with E-state index in [1.165, 1.54) is 37.8 Å². The second-order valence-corrected chi connectivity index (χ2v) is 13.7. The normalized spacial score (nSPS) is 11.7. The molecule has 0 aliphatic heterocycles. The summed E-state index contributed by atoms with van der Waals surface area (Å²) in [5, 5.41) is 7.38. The Morgan fingerprint density at radius 1 is 0.296 bits per heavy atom. The van der Waals surface area contributed by atoms with Gasteiger partial charge in [-0.2, -0.15) is 0 Å². The summed E-state index contributed by atoms with van der Waals surface area (Å²) in [6.45, 7) is 0. The van der Waals surface area contributed by atoms with Crippen molar-refractivity contribution >= 4 is 54.4 Å². The van der Waals surface area contributed by atoms with E-state index >= 15 is 0 Å². The highest BCUT2D eigenvalue weighted by atomic mass is 15.0. The summed E-state index contributed by atoms with van der Waals surface area (Å²) >= 11 is 0. The van der Waals surface area contributed by atoms with Gasteiger partial charge in [0.15, 0.2) is 17.5 Å². The van der Waals surface area contributed by atoms with E-state index < -0.39 is 0 Å². The number of rotatable bonds is 5. The number of fused-ring (bicyclic) bond motifs is 8. The van der Waals surface area contributed by atoms with Crippen molar-refractivity contribution in [3.05, 3.63) is 188 Å².